The average Bonchev–Trinajstić information content (AvgIpc) is 2.35. The molecule has 1 heterocycles. The number of aromatic nitrogens is 2. The maximum atomic E-state index is 11.7. The molecular weight excluding hydrogens is 230 g/mol. The molecule has 2 aromatic rings. The second-order valence-electron chi connectivity index (χ2n) is 3.93. The Morgan fingerprint density at radius 3 is 2.67 bits per heavy atom. The van der Waals surface area contributed by atoms with E-state index in [0.717, 1.165) is 10.2 Å². The molecule has 0 fully saturated rings. The van der Waals surface area contributed by atoms with Crippen molar-refractivity contribution in [2.45, 2.75) is 13.5 Å². The minimum atomic E-state index is -0.295. The second-order valence-corrected chi connectivity index (χ2v) is 3.93. The minimum Gasteiger partial charge on any atom is -0.324 e. The third kappa shape index (κ3) is 3.04. The Hall–Kier alpha value is -2.43. The molecule has 5 heteroatoms. The van der Waals surface area contributed by atoms with Crippen LogP contribution in [0.4, 0.5) is 5.69 Å². The highest BCUT2D eigenvalue weighted by atomic mass is 16.2. The van der Waals surface area contributed by atoms with Crippen LogP contribution in [-0.2, 0) is 11.3 Å². The summed E-state index contributed by atoms with van der Waals surface area (Å²) in [5.74, 6) is -0.278. The van der Waals surface area contributed by atoms with Gasteiger partial charge in [0.1, 0.15) is 6.54 Å². The van der Waals surface area contributed by atoms with Crippen molar-refractivity contribution < 1.29 is 4.79 Å². The van der Waals surface area contributed by atoms with Crippen molar-refractivity contribution in [1.82, 2.24) is 9.78 Å². The van der Waals surface area contributed by atoms with Crippen LogP contribution in [0.5, 0.6) is 0 Å². The molecule has 0 aliphatic rings. The van der Waals surface area contributed by atoms with E-state index < -0.39 is 0 Å². The summed E-state index contributed by atoms with van der Waals surface area (Å²) in [4.78, 5) is 23.1. The van der Waals surface area contributed by atoms with Gasteiger partial charge in [0.05, 0.1) is 0 Å². The highest BCUT2D eigenvalue weighted by Crippen LogP contribution is 2.08. The van der Waals surface area contributed by atoms with Crippen LogP contribution in [-0.4, -0.2) is 15.7 Å². The number of nitrogens with one attached hydrogen (secondary N) is 1. The fraction of sp³-hybridized carbons (Fsp3) is 0.154. The van der Waals surface area contributed by atoms with Gasteiger partial charge in [0.2, 0.25) is 5.91 Å². The van der Waals surface area contributed by atoms with E-state index in [1.165, 1.54) is 18.3 Å². The molecule has 18 heavy (non-hydrogen) atoms. The van der Waals surface area contributed by atoms with Crippen LogP contribution >= 0.6 is 0 Å². The monoisotopic (exact) mass is 243 g/mol. The molecule has 1 amide bonds. The van der Waals surface area contributed by atoms with Gasteiger partial charge in [-0.05, 0) is 25.1 Å². The van der Waals surface area contributed by atoms with E-state index in [0.29, 0.717) is 5.69 Å². The van der Waals surface area contributed by atoms with Gasteiger partial charge < -0.3 is 5.32 Å². The van der Waals surface area contributed by atoms with Crippen LogP contribution in [0.25, 0.3) is 0 Å². The second kappa shape index (κ2) is 5.27. The maximum Gasteiger partial charge on any atom is 0.267 e. The molecule has 0 saturated heterocycles. The van der Waals surface area contributed by atoms with Crippen molar-refractivity contribution in [3.05, 3.63) is 58.5 Å². The first kappa shape index (κ1) is 12.0. The number of amides is 1. The number of rotatable bonds is 3. The molecule has 0 radical (unpaired) electrons. The third-order valence-electron chi connectivity index (χ3n) is 2.41. The van der Waals surface area contributed by atoms with Crippen LogP contribution in [0.2, 0.25) is 0 Å². The van der Waals surface area contributed by atoms with Gasteiger partial charge in [-0.2, -0.15) is 5.10 Å². The van der Waals surface area contributed by atoms with Crippen LogP contribution in [0, 0.1) is 6.92 Å². The summed E-state index contributed by atoms with van der Waals surface area (Å²) in [5.41, 5.74) is 1.53. The lowest BCUT2D eigenvalue weighted by atomic mass is 10.2. The third-order valence-corrected chi connectivity index (χ3v) is 2.41. The Bertz CT molecular complexity index is 602. The van der Waals surface area contributed by atoms with Crippen molar-refractivity contribution in [2.75, 3.05) is 5.32 Å². The average molecular weight is 243 g/mol. The molecule has 0 bridgehead atoms. The smallest absolute Gasteiger partial charge is 0.267 e. The normalized spacial score (nSPS) is 10.1. The van der Waals surface area contributed by atoms with E-state index >= 15 is 0 Å². The number of hydrogen-bond donors (Lipinski definition) is 1. The topological polar surface area (TPSA) is 64.0 Å². The molecular formula is C13H13N3O2. The molecule has 92 valence electrons. The molecule has 1 N–H and O–H groups in total. The molecule has 0 aliphatic heterocycles. The lowest BCUT2D eigenvalue weighted by Gasteiger charge is -2.06. The van der Waals surface area contributed by atoms with Crippen molar-refractivity contribution in [2.24, 2.45) is 0 Å². The first-order chi connectivity index (χ1) is 8.65. The fourth-order valence-corrected chi connectivity index (χ4v) is 1.48. The molecule has 0 atom stereocenters. The largest absolute Gasteiger partial charge is 0.324 e. The van der Waals surface area contributed by atoms with Crippen LogP contribution in [0.1, 0.15) is 5.56 Å². The van der Waals surface area contributed by atoms with Crippen molar-refractivity contribution >= 4 is 11.6 Å². The van der Waals surface area contributed by atoms with Crippen LogP contribution < -0.4 is 10.9 Å². The quantitative estimate of drug-likeness (QED) is 0.880. The van der Waals surface area contributed by atoms with E-state index in [2.05, 4.69) is 10.4 Å². The summed E-state index contributed by atoms with van der Waals surface area (Å²) in [7, 11) is 0. The van der Waals surface area contributed by atoms with Crippen molar-refractivity contribution in [1.29, 1.82) is 0 Å². The number of nitrogens with zero attached hydrogens (tertiary/aromatic N) is 2. The van der Waals surface area contributed by atoms with E-state index in [9.17, 15) is 9.59 Å². The number of benzene rings is 1. The Morgan fingerprint density at radius 1 is 1.28 bits per heavy atom. The Kier molecular flexibility index (Phi) is 3.52. The molecule has 0 aliphatic carbocycles. The first-order valence-electron chi connectivity index (χ1n) is 5.54. The Balaban J connectivity index is 2.03. The molecule has 5 nitrogen and oxygen atoms in total. The number of hydrogen-bond acceptors (Lipinski definition) is 3. The molecule has 1 aromatic heterocycles. The Labute approximate surface area is 104 Å². The number of aryl methyl sites for hydroxylation is 1. The molecule has 0 unspecified atom stereocenters. The summed E-state index contributed by atoms with van der Waals surface area (Å²) >= 11 is 0. The zero-order valence-corrected chi connectivity index (χ0v) is 9.96. The SMILES string of the molecule is Cc1ccc(NC(=O)Cn2ncccc2=O)cc1. The Morgan fingerprint density at radius 2 is 2.00 bits per heavy atom. The van der Waals surface area contributed by atoms with E-state index in [4.69, 9.17) is 0 Å². The molecule has 0 spiro atoms. The highest BCUT2D eigenvalue weighted by Gasteiger charge is 2.05. The van der Waals surface area contributed by atoms with Crippen LogP contribution in [0.3, 0.4) is 0 Å². The van der Waals surface area contributed by atoms with Crippen LogP contribution in [0.15, 0.2) is 47.4 Å². The molecule has 2 rings (SSSR count). The predicted molar refractivity (Wildman–Crippen MR) is 68.3 cm³/mol. The van der Waals surface area contributed by atoms with Gasteiger partial charge in [-0.1, -0.05) is 17.7 Å². The predicted octanol–water partition coefficient (Wildman–Crippen LogP) is 1.19. The van der Waals surface area contributed by atoms with Gasteiger partial charge in [-0.15, -0.1) is 0 Å². The summed E-state index contributed by atoms with van der Waals surface area (Å²) in [6.45, 7) is 1.88. The van der Waals surface area contributed by atoms with E-state index in [-0.39, 0.29) is 18.0 Å². The summed E-state index contributed by atoms with van der Waals surface area (Å²) < 4.78 is 1.11. The summed E-state index contributed by atoms with van der Waals surface area (Å²) in [6.07, 6.45) is 1.47. The zero-order valence-electron chi connectivity index (χ0n) is 9.96. The van der Waals surface area contributed by atoms with Gasteiger partial charge in [0.15, 0.2) is 0 Å². The minimum absolute atomic E-state index is 0.0897. The molecule has 1 aromatic carbocycles. The van der Waals surface area contributed by atoms with E-state index in [1.807, 2.05) is 31.2 Å². The lowest BCUT2D eigenvalue weighted by Crippen LogP contribution is -2.28. The van der Waals surface area contributed by atoms with Gasteiger partial charge in [-0.3, -0.25) is 9.59 Å². The number of anilines is 1. The highest BCUT2D eigenvalue weighted by molar-refractivity contribution is 5.90. The molecule has 0 saturated carbocycles. The lowest BCUT2D eigenvalue weighted by molar-refractivity contribution is -0.117. The zero-order chi connectivity index (χ0) is 13.0. The maximum absolute atomic E-state index is 11.7. The summed E-state index contributed by atoms with van der Waals surface area (Å²) in [5, 5.41) is 6.52. The first-order valence-corrected chi connectivity index (χ1v) is 5.54. The van der Waals surface area contributed by atoms with Crippen molar-refractivity contribution in [3.8, 4) is 0 Å². The van der Waals surface area contributed by atoms with Crippen molar-refractivity contribution in [3.63, 3.8) is 0 Å². The number of carbonyl (C=O) groups excluding carboxylic acids is 1. The standard InChI is InChI=1S/C13H13N3O2/c1-10-4-6-11(7-5-10)15-12(17)9-16-13(18)3-2-8-14-16/h2-8H,9H2,1H3,(H,15,17). The van der Waals surface area contributed by atoms with Gasteiger partial charge >= 0.3 is 0 Å². The number of carbonyl (C=O) groups is 1. The summed E-state index contributed by atoms with van der Waals surface area (Å²) in [6, 6.07) is 10.3. The van der Waals surface area contributed by atoms with Gasteiger partial charge in [0, 0.05) is 18.0 Å². The van der Waals surface area contributed by atoms with Gasteiger partial charge in [-0.25, -0.2) is 4.68 Å². The van der Waals surface area contributed by atoms with Gasteiger partial charge in [0.25, 0.3) is 5.56 Å². The van der Waals surface area contributed by atoms with E-state index in [1.54, 1.807) is 0 Å². The fourth-order valence-electron chi connectivity index (χ4n) is 1.48.